The summed E-state index contributed by atoms with van der Waals surface area (Å²) in [7, 11) is 0. The lowest BCUT2D eigenvalue weighted by Gasteiger charge is -2.34. The molecule has 1 saturated heterocycles. The number of hydrogen-bond acceptors (Lipinski definition) is 5. The average Bonchev–Trinajstić information content (AvgIpc) is 2.56. The van der Waals surface area contributed by atoms with E-state index in [0.29, 0.717) is 18.7 Å². The molecule has 1 fully saturated rings. The minimum atomic E-state index is 0.0140. The van der Waals surface area contributed by atoms with Crippen molar-refractivity contribution in [1.82, 2.24) is 19.9 Å². The Morgan fingerprint density at radius 3 is 2.55 bits per heavy atom. The van der Waals surface area contributed by atoms with E-state index >= 15 is 0 Å². The number of pyridine rings is 1. The van der Waals surface area contributed by atoms with E-state index in [1.807, 2.05) is 4.90 Å². The molecule has 0 aliphatic carbocycles. The standard InChI is InChI=1S/C14H14N5O/c20-13(12-3-1-4-15-11-12)18-7-9-19(10-8-18)14-16-5-2-6-17-14/h1-3,5-6,11H,7-10H2. The minimum Gasteiger partial charge on any atom is -0.337 e. The monoisotopic (exact) mass is 268 g/mol. The lowest BCUT2D eigenvalue weighted by molar-refractivity contribution is 0.0746. The van der Waals surface area contributed by atoms with Gasteiger partial charge >= 0.3 is 0 Å². The Kier molecular flexibility index (Phi) is 3.54. The van der Waals surface area contributed by atoms with E-state index in [0.717, 1.165) is 19.0 Å². The molecular weight excluding hydrogens is 254 g/mol. The third kappa shape index (κ3) is 2.59. The quantitative estimate of drug-likeness (QED) is 0.799. The lowest BCUT2D eigenvalue weighted by atomic mass is 10.2. The highest BCUT2D eigenvalue weighted by Crippen LogP contribution is 2.11. The number of piperazine rings is 1. The zero-order valence-electron chi connectivity index (χ0n) is 10.9. The van der Waals surface area contributed by atoms with Crippen LogP contribution in [0.4, 0.5) is 5.95 Å². The van der Waals surface area contributed by atoms with Gasteiger partial charge < -0.3 is 9.80 Å². The van der Waals surface area contributed by atoms with Gasteiger partial charge in [0, 0.05) is 44.8 Å². The molecule has 0 N–H and O–H groups in total. The summed E-state index contributed by atoms with van der Waals surface area (Å²) < 4.78 is 0. The Balaban J connectivity index is 1.63. The summed E-state index contributed by atoms with van der Waals surface area (Å²) >= 11 is 0. The van der Waals surface area contributed by atoms with Crippen LogP contribution in [0.15, 0.2) is 36.8 Å². The van der Waals surface area contributed by atoms with E-state index in [1.165, 1.54) is 0 Å². The van der Waals surface area contributed by atoms with Crippen LogP contribution in [-0.2, 0) is 0 Å². The van der Waals surface area contributed by atoms with Crippen LogP contribution in [0.25, 0.3) is 0 Å². The minimum absolute atomic E-state index is 0.0140. The van der Waals surface area contributed by atoms with E-state index in [4.69, 9.17) is 0 Å². The average molecular weight is 268 g/mol. The van der Waals surface area contributed by atoms with Crippen molar-refractivity contribution >= 4 is 11.9 Å². The number of aromatic nitrogens is 3. The molecule has 1 aliphatic rings. The second kappa shape index (κ2) is 5.64. The number of rotatable bonds is 2. The van der Waals surface area contributed by atoms with Crippen LogP contribution in [0.2, 0.25) is 0 Å². The Hall–Kier alpha value is -2.50. The smallest absolute Gasteiger partial charge is 0.255 e. The third-order valence-corrected chi connectivity index (χ3v) is 3.26. The van der Waals surface area contributed by atoms with Crippen LogP contribution in [-0.4, -0.2) is 51.9 Å². The molecule has 3 rings (SSSR count). The Labute approximate surface area is 117 Å². The molecule has 0 aromatic carbocycles. The highest BCUT2D eigenvalue weighted by Gasteiger charge is 2.23. The van der Waals surface area contributed by atoms with Crippen LogP contribution in [0.3, 0.4) is 0 Å². The highest BCUT2D eigenvalue weighted by atomic mass is 16.2. The molecule has 0 unspecified atom stereocenters. The van der Waals surface area contributed by atoms with Crippen LogP contribution in [0, 0.1) is 6.20 Å². The van der Waals surface area contributed by atoms with Crippen molar-refractivity contribution in [3.63, 3.8) is 0 Å². The summed E-state index contributed by atoms with van der Waals surface area (Å²) in [5.41, 5.74) is 0.605. The number of nitrogens with zero attached hydrogens (tertiary/aromatic N) is 5. The van der Waals surface area contributed by atoms with Crippen LogP contribution >= 0.6 is 0 Å². The van der Waals surface area contributed by atoms with Gasteiger partial charge in [0.05, 0.1) is 11.8 Å². The fourth-order valence-electron chi connectivity index (χ4n) is 2.19. The first-order chi connectivity index (χ1) is 9.84. The molecule has 0 atom stereocenters. The van der Waals surface area contributed by atoms with Gasteiger partial charge in [-0.15, -0.1) is 0 Å². The fraction of sp³-hybridized carbons (Fsp3) is 0.286. The maximum atomic E-state index is 12.3. The molecule has 3 heterocycles. The molecule has 1 aliphatic heterocycles. The van der Waals surface area contributed by atoms with Gasteiger partial charge in [0.15, 0.2) is 0 Å². The molecule has 1 amide bonds. The number of carbonyl (C=O) groups excluding carboxylic acids is 1. The molecule has 2 aromatic rings. The normalized spacial score (nSPS) is 15.2. The number of anilines is 1. The summed E-state index contributed by atoms with van der Waals surface area (Å²) in [6.45, 7) is 2.80. The van der Waals surface area contributed by atoms with Crippen molar-refractivity contribution in [3.05, 3.63) is 48.5 Å². The zero-order chi connectivity index (χ0) is 13.8. The summed E-state index contributed by atoms with van der Waals surface area (Å²) in [4.78, 5) is 28.5. The van der Waals surface area contributed by atoms with Gasteiger partial charge in [-0.3, -0.25) is 9.78 Å². The second-order valence-electron chi connectivity index (χ2n) is 4.50. The van der Waals surface area contributed by atoms with Gasteiger partial charge in [0.25, 0.3) is 5.91 Å². The Morgan fingerprint density at radius 1 is 1.15 bits per heavy atom. The molecule has 0 spiro atoms. The van der Waals surface area contributed by atoms with Gasteiger partial charge in [0.1, 0.15) is 0 Å². The Morgan fingerprint density at radius 2 is 1.90 bits per heavy atom. The van der Waals surface area contributed by atoms with Crippen molar-refractivity contribution in [3.8, 4) is 0 Å². The summed E-state index contributed by atoms with van der Waals surface area (Å²) in [6.07, 6.45) is 7.68. The van der Waals surface area contributed by atoms with Crippen molar-refractivity contribution in [2.75, 3.05) is 31.1 Å². The largest absolute Gasteiger partial charge is 0.337 e. The molecule has 0 bridgehead atoms. The topological polar surface area (TPSA) is 62.2 Å². The fourth-order valence-corrected chi connectivity index (χ4v) is 2.19. The second-order valence-corrected chi connectivity index (χ2v) is 4.50. The maximum Gasteiger partial charge on any atom is 0.255 e. The molecule has 2 aromatic heterocycles. The zero-order valence-corrected chi connectivity index (χ0v) is 10.9. The molecule has 1 radical (unpaired) electrons. The first kappa shape index (κ1) is 12.5. The van der Waals surface area contributed by atoms with Crippen LogP contribution < -0.4 is 4.90 Å². The third-order valence-electron chi connectivity index (χ3n) is 3.26. The maximum absolute atomic E-state index is 12.3. The lowest BCUT2D eigenvalue weighted by Crippen LogP contribution is -2.49. The molecule has 6 heteroatoms. The molecule has 20 heavy (non-hydrogen) atoms. The summed E-state index contributed by atoms with van der Waals surface area (Å²) in [5.74, 6) is 0.732. The number of amides is 1. The molecule has 101 valence electrons. The van der Waals surface area contributed by atoms with E-state index < -0.39 is 0 Å². The van der Waals surface area contributed by atoms with E-state index in [-0.39, 0.29) is 5.91 Å². The predicted molar refractivity (Wildman–Crippen MR) is 73.2 cm³/mol. The summed E-state index contributed by atoms with van der Waals surface area (Å²) in [5, 5.41) is 0. The van der Waals surface area contributed by atoms with E-state index in [9.17, 15) is 4.79 Å². The highest BCUT2D eigenvalue weighted by molar-refractivity contribution is 5.94. The molecule has 0 saturated carbocycles. The van der Waals surface area contributed by atoms with Gasteiger partial charge in [-0.2, -0.15) is 0 Å². The van der Waals surface area contributed by atoms with Gasteiger partial charge in [-0.05, 0) is 18.2 Å². The van der Waals surface area contributed by atoms with Crippen molar-refractivity contribution in [1.29, 1.82) is 0 Å². The van der Waals surface area contributed by atoms with Gasteiger partial charge in [0.2, 0.25) is 5.95 Å². The Bertz CT molecular complexity index is 567. The van der Waals surface area contributed by atoms with E-state index in [1.54, 1.807) is 36.8 Å². The number of hydrogen-bond donors (Lipinski definition) is 0. The van der Waals surface area contributed by atoms with Gasteiger partial charge in [-0.25, -0.2) is 9.97 Å². The van der Waals surface area contributed by atoms with E-state index in [2.05, 4.69) is 26.0 Å². The summed E-state index contributed by atoms with van der Waals surface area (Å²) in [6, 6.07) is 5.19. The van der Waals surface area contributed by atoms with Crippen molar-refractivity contribution < 1.29 is 4.79 Å². The molecular formula is C14H14N5O. The number of carbonyl (C=O) groups is 1. The van der Waals surface area contributed by atoms with Crippen molar-refractivity contribution in [2.24, 2.45) is 0 Å². The first-order valence-corrected chi connectivity index (χ1v) is 6.48. The van der Waals surface area contributed by atoms with Crippen LogP contribution in [0.5, 0.6) is 0 Å². The predicted octanol–water partition coefficient (Wildman–Crippen LogP) is 0.634. The van der Waals surface area contributed by atoms with Crippen molar-refractivity contribution in [2.45, 2.75) is 0 Å². The SMILES string of the molecule is O=C(c1cc[c]nc1)N1CCN(c2ncccn2)CC1. The molecule has 6 nitrogen and oxygen atoms in total. The van der Waals surface area contributed by atoms with Crippen LogP contribution in [0.1, 0.15) is 10.4 Å². The van der Waals surface area contributed by atoms with Gasteiger partial charge in [-0.1, -0.05) is 0 Å². The first-order valence-electron chi connectivity index (χ1n) is 6.48.